The minimum absolute atomic E-state index is 0.0852. The zero-order chi connectivity index (χ0) is 23.9. The van der Waals surface area contributed by atoms with Gasteiger partial charge in [-0.2, -0.15) is 0 Å². The van der Waals surface area contributed by atoms with E-state index >= 15 is 0 Å². The summed E-state index contributed by atoms with van der Waals surface area (Å²) in [6, 6.07) is 15.3. The highest BCUT2D eigenvalue weighted by molar-refractivity contribution is 9.10. The summed E-state index contributed by atoms with van der Waals surface area (Å²) in [6.07, 6.45) is 1.45. The fourth-order valence-corrected chi connectivity index (χ4v) is 4.81. The monoisotopic (exact) mass is 523 g/mol. The third kappa shape index (κ3) is 7.06. The van der Waals surface area contributed by atoms with E-state index in [1.54, 1.807) is 24.3 Å². The highest BCUT2D eigenvalue weighted by atomic mass is 79.9. The third-order valence-corrected chi connectivity index (χ3v) is 6.61. The standard InChI is InChI=1S/C23H30BrN3O4S/c1-5-20(23(29)25-17(2)3)26(15-18-11-7-6-8-12-18)22(28)16-27(32(4,30)31)21-14-10-9-13-19(21)24/h6-14,17,20H,5,15-16H2,1-4H3,(H,25,29). The SMILES string of the molecule is CCC(C(=O)NC(C)C)N(Cc1ccccc1)C(=O)CN(c1ccccc1Br)S(C)(=O)=O. The van der Waals surface area contributed by atoms with Crippen molar-refractivity contribution >= 4 is 43.5 Å². The zero-order valence-electron chi connectivity index (χ0n) is 18.8. The molecule has 1 atom stereocenters. The number of carbonyl (C=O) groups is 2. The summed E-state index contributed by atoms with van der Waals surface area (Å²) < 4.78 is 26.8. The number of nitrogens with one attached hydrogen (secondary N) is 1. The predicted molar refractivity (Wildman–Crippen MR) is 131 cm³/mol. The minimum atomic E-state index is -3.76. The quantitative estimate of drug-likeness (QED) is 0.515. The van der Waals surface area contributed by atoms with Gasteiger partial charge in [-0.05, 0) is 53.9 Å². The maximum absolute atomic E-state index is 13.5. The fourth-order valence-electron chi connectivity index (χ4n) is 3.33. The van der Waals surface area contributed by atoms with Crippen LogP contribution in [0.4, 0.5) is 5.69 Å². The van der Waals surface area contributed by atoms with E-state index < -0.39 is 28.5 Å². The first-order valence-electron chi connectivity index (χ1n) is 10.4. The summed E-state index contributed by atoms with van der Waals surface area (Å²) in [7, 11) is -3.76. The first kappa shape index (κ1) is 25.9. The van der Waals surface area contributed by atoms with Crippen LogP contribution in [-0.4, -0.2) is 50.0 Å². The van der Waals surface area contributed by atoms with Crippen molar-refractivity contribution in [2.24, 2.45) is 0 Å². The molecule has 0 fully saturated rings. The van der Waals surface area contributed by atoms with Crippen LogP contribution in [0, 0.1) is 0 Å². The smallest absolute Gasteiger partial charge is 0.244 e. The second kappa shape index (κ2) is 11.5. The Morgan fingerprint density at radius 1 is 1.03 bits per heavy atom. The topological polar surface area (TPSA) is 86.8 Å². The Morgan fingerprint density at radius 2 is 1.62 bits per heavy atom. The summed E-state index contributed by atoms with van der Waals surface area (Å²) in [6.45, 7) is 5.31. The molecule has 174 valence electrons. The van der Waals surface area contributed by atoms with Gasteiger partial charge in [0.2, 0.25) is 21.8 Å². The molecule has 0 aliphatic heterocycles. The Hall–Kier alpha value is -2.39. The maximum Gasteiger partial charge on any atom is 0.244 e. The molecule has 0 aromatic heterocycles. The average Bonchev–Trinajstić information content (AvgIpc) is 2.71. The van der Waals surface area contributed by atoms with Crippen LogP contribution in [0.2, 0.25) is 0 Å². The first-order valence-corrected chi connectivity index (χ1v) is 13.0. The number of sulfonamides is 1. The second-order valence-electron chi connectivity index (χ2n) is 7.82. The maximum atomic E-state index is 13.5. The van der Waals surface area contributed by atoms with Crippen LogP contribution >= 0.6 is 15.9 Å². The fraction of sp³-hybridized carbons (Fsp3) is 0.391. The Bertz CT molecular complexity index is 1030. The van der Waals surface area contributed by atoms with Crippen molar-refractivity contribution < 1.29 is 18.0 Å². The normalized spacial score (nSPS) is 12.3. The van der Waals surface area contributed by atoms with Gasteiger partial charge in [0.1, 0.15) is 12.6 Å². The molecule has 0 radical (unpaired) electrons. The van der Waals surface area contributed by atoms with Gasteiger partial charge in [-0.1, -0.05) is 49.4 Å². The number of hydrogen-bond acceptors (Lipinski definition) is 4. The van der Waals surface area contributed by atoms with E-state index in [-0.39, 0.29) is 18.5 Å². The largest absolute Gasteiger partial charge is 0.352 e. The van der Waals surface area contributed by atoms with Crippen molar-refractivity contribution in [3.63, 3.8) is 0 Å². The molecule has 1 N–H and O–H groups in total. The van der Waals surface area contributed by atoms with Crippen molar-refractivity contribution in [3.8, 4) is 0 Å². The van der Waals surface area contributed by atoms with Gasteiger partial charge in [-0.25, -0.2) is 8.42 Å². The molecule has 0 bridgehead atoms. The average molecular weight is 524 g/mol. The third-order valence-electron chi connectivity index (χ3n) is 4.81. The lowest BCUT2D eigenvalue weighted by Crippen LogP contribution is -2.53. The molecule has 0 saturated heterocycles. The van der Waals surface area contributed by atoms with E-state index in [9.17, 15) is 18.0 Å². The molecule has 0 spiro atoms. The number of carbonyl (C=O) groups excluding carboxylic acids is 2. The molecular weight excluding hydrogens is 494 g/mol. The molecule has 2 aromatic carbocycles. The van der Waals surface area contributed by atoms with Gasteiger partial charge < -0.3 is 10.2 Å². The van der Waals surface area contributed by atoms with E-state index in [4.69, 9.17) is 0 Å². The van der Waals surface area contributed by atoms with Crippen molar-refractivity contribution in [1.82, 2.24) is 10.2 Å². The van der Waals surface area contributed by atoms with Crippen LogP contribution < -0.4 is 9.62 Å². The summed E-state index contributed by atoms with van der Waals surface area (Å²) in [5.41, 5.74) is 1.21. The summed E-state index contributed by atoms with van der Waals surface area (Å²) in [4.78, 5) is 27.8. The van der Waals surface area contributed by atoms with E-state index in [0.717, 1.165) is 16.1 Å². The zero-order valence-corrected chi connectivity index (χ0v) is 21.2. The Labute approximate surface area is 199 Å². The van der Waals surface area contributed by atoms with E-state index in [2.05, 4.69) is 21.2 Å². The van der Waals surface area contributed by atoms with E-state index in [0.29, 0.717) is 16.6 Å². The lowest BCUT2D eigenvalue weighted by Gasteiger charge is -2.33. The Kier molecular flexibility index (Phi) is 9.27. The highest BCUT2D eigenvalue weighted by Gasteiger charge is 2.32. The Balaban J connectivity index is 2.43. The molecule has 32 heavy (non-hydrogen) atoms. The molecule has 0 saturated carbocycles. The molecule has 2 amide bonds. The number of nitrogens with zero attached hydrogens (tertiary/aromatic N) is 2. The number of benzene rings is 2. The lowest BCUT2D eigenvalue weighted by atomic mass is 10.1. The van der Waals surface area contributed by atoms with Crippen LogP contribution in [-0.2, 0) is 26.2 Å². The Morgan fingerprint density at radius 3 is 2.16 bits per heavy atom. The highest BCUT2D eigenvalue weighted by Crippen LogP contribution is 2.28. The van der Waals surface area contributed by atoms with Gasteiger partial charge in [-0.15, -0.1) is 0 Å². The molecular formula is C23H30BrN3O4S. The van der Waals surface area contributed by atoms with Gasteiger partial charge in [0.15, 0.2) is 0 Å². The molecule has 9 heteroatoms. The second-order valence-corrected chi connectivity index (χ2v) is 10.6. The molecule has 2 rings (SSSR count). The molecule has 1 unspecified atom stereocenters. The number of halogens is 1. The first-order chi connectivity index (χ1) is 15.0. The number of rotatable bonds is 10. The number of anilines is 1. The van der Waals surface area contributed by atoms with Crippen molar-refractivity contribution in [1.29, 1.82) is 0 Å². The van der Waals surface area contributed by atoms with Gasteiger partial charge >= 0.3 is 0 Å². The van der Waals surface area contributed by atoms with Crippen LogP contribution in [0.5, 0.6) is 0 Å². The van der Waals surface area contributed by atoms with Crippen LogP contribution in [0.25, 0.3) is 0 Å². The van der Waals surface area contributed by atoms with Gasteiger partial charge in [0.25, 0.3) is 0 Å². The van der Waals surface area contributed by atoms with Crippen molar-refractivity contribution in [2.75, 3.05) is 17.1 Å². The number of hydrogen-bond donors (Lipinski definition) is 1. The van der Waals surface area contributed by atoms with Crippen molar-refractivity contribution in [3.05, 3.63) is 64.6 Å². The van der Waals surface area contributed by atoms with E-state index in [1.807, 2.05) is 51.1 Å². The van der Waals surface area contributed by atoms with E-state index in [1.165, 1.54) is 4.90 Å². The van der Waals surface area contributed by atoms with Crippen LogP contribution in [0.1, 0.15) is 32.8 Å². The predicted octanol–water partition coefficient (Wildman–Crippen LogP) is 3.55. The molecule has 0 heterocycles. The summed E-state index contributed by atoms with van der Waals surface area (Å²) >= 11 is 3.37. The molecule has 0 aliphatic carbocycles. The van der Waals surface area contributed by atoms with Crippen LogP contribution in [0.15, 0.2) is 59.1 Å². The molecule has 0 aliphatic rings. The molecule has 7 nitrogen and oxygen atoms in total. The number of para-hydroxylation sites is 1. The number of amides is 2. The lowest BCUT2D eigenvalue weighted by molar-refractivity contribution is -0.140. The van der Waals surface area contributed by atoms with Crippen LogP contribution in [0.3, 0.4) is 0 Å². The summed E-state index contributed by atoms with van der Waals surface area (Å²) in [5, 5.41) is 2.87. The van der Waals surface area contributed by atoms with Crippen molar-refractivity contribution in [2.45, 2.75) is 45.8 Å². The van der Waals surface area contributed by atoms with Gasteiger partial charge in [0.05, 0.1) is 11.9 Å². The molecule has 2 aromatic rings. The summed E-state index contributed by atoms with van der Waals surface area (Å²) in [5.74, 6) is -0.723. The minimum Gasteiger partial charge on any atom is -0.352 e. The van der Waals surface area contributed by atoms with Gasteiger partial charge in [0, 0.05) is 17.1 Å². The van der Waals surface area contributed by atoms with Gasteiger partial charge in [-0.3, -0.25) is 13.9 Å².